The van der Waals surface area contributed by atoms with Gasteiger partial charge in [-0.05, 0) is 43.9 Å². The average Bonchev–Trinajstić information content (AvgIpc) is 2.82. The van der Waals surface area contributed by atoms with Gasteiger partial charge in [0.05, 0.1) is 17.6 Å². The molecule has 0 saturated heterocycles. The van der Waals surface area contributed by atoms with Gasteiger partial charge in [-0.1, -0.05) is 36.4 Å². The zero-order valence-electron chi connectivity index (χ0n) is 14.0. The summed E-state index contributed by atoms with van der Waals surface area (Å²) in [6, 6.07) is 9.82. The van der Waals surface area contributed by atoms with Crippen molar-refractivity contribution in [2.24, 2.45) is 5.41 Å². The van der Waals surface area contributed by atoms with E-state index in [0.717, 1.165) is 11.1 Å². The van der Waals surface area contributed by atoms with E-state index in [2.05, 4.69) is 0 Å². The number of benzene rings is 1. The molecule has 1 fully saturated rings. The number of fused-ring (bicyclic) bond motifs is 1. The largest absolute Gasteiger partial charge is 0.463 e. The molecule has 0 bridgehead atoms. The van der Waals surface area contributed by atoms with E-state index >= 15 is 0 Å². The summed E-state index contributed by atoms with van der Waals surface area (Å²) in [5, 5.41) is 11.3. The van der Waals surface area contributed by atoms with Crippen molar-refractivity contribution in [1.82, 2.24) is 0 Å². The van der Waals surface area contributed by atoms with Crippen LogP contribution in [0.3, 0.4) is 0 Å². The molecule has 4 heteroatoms. The van der Waals surface area contributed by atoms with Crippen molar-refractivity contribution in [2.75, 3.05) is 6.61 Å². The number of aliphatic hydroxyl groups is 1. The highest BCUT2D eigenvalue weighted by Gasteiger charge is 2.62. The first-order valence-corrected chi connectivity index (χ1v) is 8.32. The molecule has 4 nitrogen and oxygen atoms in total. The van der Waals surface area contributed by atoms with E-state index in [1.165, 1.54) is 0 Å². The summed E-state index contributed by atoms with van der Waals surface area (Å²) in [5.74, 6) is -0.571. The number of carbonyl (C=O) groups excluding carboxylic acids is 2. The Morgan fingerprint density at radius 3 is 2.62 bits per heavy atom. The van der Waals surface area contributed by atoms with Gasteiger partial charge in [-0.15, -0.1) is 0 Å². The Morgan fingerprint density at radius 2 is 1.96 bits per heavy atom. The Bertz CT molecular complexity index is 731. The highest BCUT2D eigenvalue weighted by Crippen LogP contribution is 2.55. The third kappa shape index (κ3) is 2.33. The molecule has 2 aliphatic carbocycles. The molecule has 0 radical (unpaired) electrons. The maximum absolute atomic E-state index is 12.7. The summed E-state index contributed by atoms with van der Waals surface area (Å²) < 4.78 is 5.08. The Hall–Kier alpha value is -2.20. The number of carbonyl (C=O) groups is 2. The predicted molar refractivity (Wildman–Crippen MR) is 90.2 cm³/mol. The van der Waals surface area contributed by atoms with Crippen LogP contribution in [0.2, 0.25) is 0 Å². The first-order valence-electron chi connectivity index (χ1n) is 8.32. The zero-order valence-corrected chi connectivity index (χ0v) is 14.0. The van der Waals surface area contributed by atoms with Crippen molar-refractivity contribution in [3.05, 3.63) is 59.2 Å². The maximum Gasteiger partial charge on any atom is 0.336 e. The molecule has 0 spiro atoms. The number of allylic oxidation sites excluding steroid dienone is 2. The summed E-state index contributed by atoms with van der Waals surface area (Å²) in [6.45, 7) is 3.71. The maximum atomic E-state index is 12.7. The molecule has 2 atom stereocenters. The number of esters is 1. The molecule has 0 aromatic heterocycles. The van der Waals surface area contributed by atoms with Crippen LogP contribution in [0.15, 0.2) is 53.6 Å². The summed E-state index contributed by atoms with van der Waals surface area (Å²) in [7, 11) is 0. The summed E-state index contributed by atoms with van der Waals surface area (Å²) in [6.07, 6.45) is 4.50. The van der Waals surface area contributed by atoms with Crippen LogP contribution in [-0.4, -0.2) is 29.1 Å². The van der Waals surface area contributed by atoms with Crippen LogP contribution in [0.5, 0.6) is 0 Å². The molecule has 0 heterocycles. The number of ketones is 1. The molecule has 2 aliphatic rings. The molecular weight excluding hydrogens is 304 g/mol. The van der Waals surface area contributed by atoms with E-state index in [-0.39, 0.29) is 30.8 Å². The SMILES string of the molecule is CCOC(=O)C1=CC=C(Cc2ccccc2)[C@]2(C)C(=O)CC[C@]12O. The lowest BCUT2D eigenvalue weighted by molar-refractivity contribution is -0.143. The van der Waals surface area contributed by atoms with Crippen LogP contribution < -0.4 is 0 Å². The van der Waals surface area contributed by atoms with Crippen LogP contribution in [-0.2, 0) is 20.7 Å². The molecule has 1 aromatic carbocycles. The van der Waals surface area contributed by atoms with Gasteiger partial charge in [0, 0.05) is 6.42 Å². The highest BCUT2D eigenvalue weighted by molar-refractivity contribution is 6.00. The minimum absolute atomic E-state index is 0.0259. The highest BCUT2D eigenvalue weighted by atomic mass is 16.5. The topological polar surface area (TPSA) is 63.6 Å². The van der Waals surface area contributed by atoms with E-state index < -0.39 is 17.0 Å². The fourth-order valence-electron chi connectivity index (χ4n) is 3.86. The van der Waals surface area contributed by atoms with Crippen molar-refractivity contribution in [2.45, 2.75) is 38.7 Å². The number of Topliss-reactive ketones (excluding diaryl/α,β-unsaturated/α-hetero) is 1. The van der Waals surface area contributed by atoms with Crippen LogP contribution in [0, 0.1) is 5.41 Å². The van der Waals surface area contributed by atoms with Gasteiger partial charge < -0.3 is 9.84 Å². The van der Waals surface area contributed by atoms with Gasteiger partial charge in [0.1, 0.15) is 11.4 Å². The summed E-state index contributed by atoms with van der Waals surface area (Å²) >= 11 is 0. The smallest absolute Gasteiger partial charge is 0.336 e. The van der Waals surface area contributed by atoms with Gasteiger partial charge in [-0.3, -0.25) is 4.79 Å². The number of rotatable bonds is 4. The monoisotopic (exact) mass is 326 g/mol. The molecule has 0 unspecified atom stereocenters. The average molecular weight is 326 g/mol. The van der Waals surface area contributed by atoms with Crippen molar-refractivity contribution >= 4 is 11.8 Å². The fourth-order valence-corrected chi connectivity index (χ4v) is 3.86. The lowest BCUT2D eigenvalue weighted by Crippen LogP contribution is -2.51. The summed E-state index contributed by atoms with van der Waals surface area (Å²) in [4.78, 5) is 25.0. The fraction of sp³-hybridized carbons (Fsp3) is 0.400. The third-order valence-electron chi connectivity index (χ3n) is 5.37. The minimum atomic E-state index is -1.49. The molecule has 1 N–H and O–H groups in total. The Labute approximate surface area is 141 Å². The minimum Gasteiger partial charge on any atom is -0.463 e. The molecule has 0 amide bonds. The standard InChI is InChI=1S/C20H22O4/c1-3-24-18(22)16-10-9-15(13-14-7-5-4-6-8-14)19(2)17(21)11-12-20(16,19)23/h4-10,23H,3,11-13H2,1-2H3/t19-,20+/m1/s1. The van der Waals surface area contributed by atoms with E-state index in [9.17, 15) is 14.7 Å². The molecule has 126 valence electrons. The van der Waals surface area contributed by atoms with Crippen molar-refractivity contribution in [3.63, 3.8) is 0 Å². The van der Waals surface area contributed by atoms with Crippen LogP contribution in [0.1, 0.15) is 32.3 Å². The molecule has 1 aromatic rings. The van der Waals surface area contributed by atoms with E-state index in [0.29, 0.717) is 6.42 Å². The van der Waals surface area contributed by atoms with Crippen molar-refractivity contribution in [3.8, 4) is 0 Å². The Morgan fingerprint density at radius 1 is 1.25 bits per heavy atom. The van der Waals surface area contributed by atoms with E-state index in [1.54, 1.807) is 26.0 Å². The third-order valence-corrected chi connectivity index (χ3v) is 5.37. The summed E-state index contributed by atoms with van der Waals surface area (Å²) in [5.41, 5.74) is -0.476. The van der Waals surface area contributed by atoms with Gasteiger partial charge in [0.25, 0.3) is 0 Å². The Balaban J connectivity index is 2.05. The molecule has 24 heavy (non-hydrogen) atoms. The van der Waals surface area contributed by atoms with E-state index in [1.807, 2.05) is 30.3 Å². The van der Waals surface area contributed by atoms with Gasteiger partial charge in [0.15, 0.2) is 0 Å². The van der Waals surface area contributed by atoms with Crippen molar-refractivity contribution in [1.29, 1.82) is 0 Å². The normalized spacial score (nSPS) is 28.9. The lowest BCUT2D eigenvalue weighted by Gasteiger charge is -2.43. The second-order valence-electron chi connectivity index (χ2n) is 6.56. The molecule has 1 saturated carbocycles. The number of hydrogen-bond donors (Lipinski definition) is 1. The van der Waals surface area contributed by atoms with Gasteiger partial charge in [-0.2, -0.15) is 0 Å². The van der Waals surface area contributed by atoms with Crippen LogP contribution in [0.4, 0.5) is 0 Å². The molecule has 3 rings (SSSR count). The molecule has 0 aliphatic heterocycles. The molecular formula is C20H22O4. The first kappa shape index (κ1) is 16.7. The first-order chi connectivity index (χ1) is 11.4. The second-order valence-corrected chi connectivity index (χ2v) is 6.56. The quantitative estimate of drug-likeness (QED) is 0.864. The van der Waals surface area contributed by atoms with Gasteiger partial charge >= 0.3 is 5.97 Å². The van der Waals surface area contributed by atoms with Crippen LogP contribution >= 0.6 is 0 Å². The number of hydrogen-bond acceptors (Lipinski definition) is 4. The zero-order chi connectivity index (χ0) is 17.4. The van der Waals surface area contributed by atoms with Crippen molar-refractivity contribution < 1.29 is 19.4 Å². The second kappa shape index (κ2) is 6.02. The van der Waals surface area contributed by atoms with Gasteiger partial charge in [0.2, 0.25) is 0 Å². The lowest BCUT2D eigenvalue weighted by atomic mass is 9.63. The van der Waals surface area contributed by atoms with Gasteiger partial charge in [-0.25, -0.2) is 4.79 Å². The van der Waals surface area contributed by atoms with E-state index in [4.69, 9.17) is 4.74 Å². The van der Waals surface area contributed by atoms with Crippen LogP contribution in [0.25, 0.3) is 0 Å². The Kier molecular flexibility index (Phi) is 4.18. The predicted octanol–water partition coefficient (Wildman–Crippen LogP) is 2.76. The number of ether oxygens (including phenoxy) is 1.